The molecule has 17 heavy (non-hydrogen) atoms. The molecular weight excluding hydrogens is 280 g/mol. The van der Waals surface area contributed by atoms with Gasteiger partial charge in [-0.1, -0.05) is 19.4 Å². The van der Waals surface area contributed by atoms with Gasteiger partial charge in [-0.3, -0.25) is 0 Å². The number of hydrogen-bond acceptors (Lipinski definition) is 3. The minimum atomic E-state index is 0.175. The van der Waals surface area contributed by atoms with Crippen molar-refractivity contribution in [2.45, 2.75) is 26.3 Å². The lowest BCUT2D eigenvalue weighted by Crippen LogP contribution is -2.28. The van der Waals surface area contributed by atoms with Crippen molar-refractivity contribution < 1.29 is 5.11 Å². The zero-order valence-electron chi connectivity index (χ0n) is 10.3. The number of benzene rings is 1. The van der Waals surface area contributed by atoms with Gasteiger partial charge in [0.05, 0.1) is 12.3 Å². The van der Waals surface area contributed by atoms with Gasteiger partial charge in [-0.05, 0) is 40.0 Å². The van der Waals surface area contributed by atoms with Gasteiger partial charge in [-0.2, -0.15) is 0 Å². The Balaban J connectivity index is 2.85. The van der Waals surface area contributed by atoms with Gasteiger partial charge < -0.3 is 15.7 Å². The van der Waals surface area contributed by atoms with Crippen molar-refractivity contribution in [1.29, 1.82) is 0 Å². The fourth-order valence-corrected chi connectivity index (χ4v) is 2.43. The summed E-state index contributed by atoms with van der Waals surface area (Å²) in [7, 11) is 0. The molecule has 0 heterocycles. The number of hydrogen-bond donors (Lipinski definition) is 2. The standard InChI is InChI=1S/C13H21BrN2O/c1-2-3-6-16(7-8-17)13-5-4-11(10-15)9-12(13)14/h4-5,9,17H,2-3,6-8,10,15H2,1H3. The van der Waals surface area contributed by atoms with Gasteiger partial charge in [0.15, 0.2) is 0 Å². The van der Waals surface area contributed by atoms with Crippen LogP contribution in [0.3, 0.4) is 0 Å². The normalized spacial score (nSPS) is 10.6. The molecule has 0 saturated carbocycles. The molecule has 0 atom stereocenters. The maximum Gasteiger partial charge on any atom is 0.0606 e. The van der Waals surface area contributed by atoms with Crippen LogP contribution in [0.4, 0.5) is 5.69 Å². The summed E-state index contributed by atoms with van der Waals surface area (Å²) in [6.45, 7) is 4.53. The Morgan fingerprint density at radius 3 is 2.65 bits per heavy atom. The monoisotopic (exact) mass is 300 g/mol. The molecule has 0 aliphatic heterocycles. The van der Waals surface area contributed by atoms with E-state index in [1.54, 1.807) is 0 Å². The van der Waals surface area contributed by atoms with Crippen molar-refractivity contribution in [2.24, 2.45) is 5.73 Å². The average molecular weight is 301 g/mol. The lowest BCUT2D eigenvalue weighted by molar-refractivity contribution is 0.301. The quantitative estimate of drug-likeness (QED) is 0.813. The number of aliphatic hydroxyl groups is 1. The lowest BCUT2D eigenvalue weighted by Gasteiger charge is -2.25. The van der Waals surface area contributed by atoms with Gasteiger partial charge >= 0.3 is 0 Å². The number of rotatable bonds is 7. The fraction of sp³-hybridized carbons (Fsp3) is 0.538. The van der Waals surface area contributed by atoms with Crippen molar-refractivity contribution in [1.82, 2.24) is 0 Å². The van der Waals surface area contributed by atoms with Crippen LogP contribution in [-0.2, 0) is 6.54 Å². The highest BCUT2D eigenvalue weighted by molar-refractivity contribution is 9.10. The van der Waals surface area contributed by atoms with Gasteiger partial charge in [0.1, 0.15) is 0 Å². The molecule has 96 valence electrons. The number of nitrogens with zero attached hydrogens (tertiary/aromatic N) is 1. The molecule has 0 aromatic heterocycles. The van der Waals surface area contributed by atoms with E-state index in [4.69, 9.17) is 10.8 Å². The Hall–Kier alpha value is -0.580. The number of nitrogens with two attached hydrogens (primary N) is 1. The first-order valence-corrected chi connectivity index (χ1v) is 6.86. The Labute approximate surface area is 112 Å². The van der Waals surface area contributed by atoms with E-state index in [1.807, 2.05) is 12.1 Å². The van der Waals surface area contributed by atoms with E-state index >= 15 is 0 Å². The molecule has 1 aromatic carbocycles. The molecule has 1 aromatic rings. The van der Waals surface area contributed by atoms with Crippen molar-refractivity contribution in [2.75, 3.05) is 24.6 Å². The fourth-order valence-electron chi connectivity index (χ4n) is 1.76. The molecule has 0 aliphatic rings. The molecule has 0 bridgehead atoms. The van der Waals surface area contributed by atoms with Gasteiger partial charge in [-0.15, -0.1) is 0 Å². The predicted octanol–water partition coefficient (Wildman–Crippen LogP) is 2.51. The van der Waals surface area contributed by atoms with Crippen LogP contribution in [0.1, 0.15) is 25.3 Å². The van der Waals surface area contributed by atoms with Crippen LogP contribution >= 0.6 is 15.9 Å². The topological polar surface area (TPSA) is 49.5 Å². The van der Waals surface area contributed by atoms with E-state index in [2.05, 4.69) is 33.8 Å². The molecule has 0 saturated heterocycles. The van der Waals surface area contributed by atoms with Crippen molar-refractivity contribution in [3.05, 3.63) is 28.2 Å². The molecule has 0 radical (unpaired) electrons. The van der Waals surface area contributed by atoms with Crippen molar-refractivity contribution >= 4 is 21.6 Å². The summed E-state index contributed by atoms with van der Waals surface area (Å²) in [5, 5.41) is 9.11. The summed E-state index contributed by atoms with van der Waals surface area (Å²) in [6.07, 6.45) is 2.28. The third-order valence-corrected chi connectivity index (χ3v) is 3.38. The molecule has 3 N–H and O–H groups in total. The van der Waals surface area contributed by atoms with Gasteiger partial charge in [-0.25, -0.2) is 0 Å². The lowest BCUT2D eigenvalue weighted by atomic mass is 10.2. The second-order valence-corrected chi connectivity index (χ2v) is 4.91. The van der Waals surface area contributed by atoms with E-state index < -0.39 is 0 Å². The van der Waals surface area contributed by atoms with Crippen LogP contribution in [0, 0.1) is 0 Å². The second-order valence-electron chi connectivity index (χ2n) is 4.05. The predicted molar refractivity (Wildman–Crippen MR) is 76.2 cm³/mol. The first-order valence-electron chi connectivity index (χ1n) is 6.07. The van der Waals surface area contributed by atoms with Gasteiger partial charge in [0, 0.05) is 24.1 Å². The third-order valence-electron chi connectivity index (χ3n) is 2.74. The highest BCUT2D eigenvalue weighted by atomic mass is 79.9. The van der Waals surface area contributed by atoms with Crippen LogP contribution in [0.15, 0.2) is 22.7 Å². The third kappa shape index (κ3) is 4.30. The van der Waals surface area contributed by atoms with E-state index in [0.29, 0.717) is 13.1 Å². The first kappa shape index (κ1) is 14.5. The Morgan fingerprint density at radius 2 is 2.12 bits per heavy atom. The summed E-state index contributed by atoms with van der Waals surface area (Å²) >= 11 is 3.57. The smallest absolute Gasteiger partial charge is 0.0606 e. The zero-order valence-corrected chi connectivity index (χ0v) is 11.9. The highest BCUT2D eigenvalue weighted by Crippen LogP contribution is 2.27. The zero-order chi connectivity index (χ0) is 12.7. The summed E-state index contributed by atoms with van der Waals surface area (Å²) in [6, 6.07) is 6.15. The van der Waals surface area contributed by atoms with Gasteiger partial charge in [0.2, 0.25) is 0 Å². The molecule has 0 unspecified atom stereocenters. The largest absolute Gasteiger partial charge is 0.395 e. The first-order chi connectivity index (χ1) is 8.22. The second kappa shape index (κ2) is 7.69. The van der Waals surface area contributed by atoms with Gasteiger partial charge in [0.25, 0.3) is 0 Å². The number of aliphatic hydroxyl groups excluding tert-OH is 1. The molecule has 1 rings (SSSR count). The van der Waals surface area contributed by atoms with E-state index in [0.717, 1.165) is 35.1 Å². The highest BCUT2D eigenvalue weighted by Gasteiger charge is 2.09. The number of unbranched alkanes of at least 4 members (excludes halogenated alkanes) is 1. The van der Waals surface area contributed by atoms with E-state index in [9.17, 15) is 0 Å². The Kier molecular flexibility index (Phi) is 6.55. The summed E-state index contributed by atoms with van der Waals surface area (Å²) in [5.74, 6) is 0. The van der Waals surface area contributed by atoms with E-state index in [-0.39, 0.29) is 6.61 Å². The van der Waals surface area contributed by atoms with Crippen LogP contribution in [-0.4, -0.2) is 24.8 Å². The van der Waals surface area contributed by atoms with Crippen LogP contribution in [0.5, 0.6) is 0 Å². The maximum absolute atomic E-state index is 9.11. The molecule has 0 spiro atoms. The van der Waals surface area contributed by atoms with Crippen LogP contribution in [0.25, 0.3) is 0 Å². The molecule has 3 nitrogen and oxygen atoms in total. The summed E-state index contributed by atoms with van der Waals surface area (Å²) < 4.78 is 1.05. The maximum atomic E-state index is 9.11. The molecule has 0 aliphatic carbocycles. The molecule has 0 amide bonds. The number of halogens is 1. The minimum absolute atomic E-state index is 0.175. The number of anilines is 1. The van der Waals surface area contributed by atoms with Crippen molar-refractivity contribution in [3.63, 3.8) is 0 Å². The molecule has 4 heteroatoms. The van der Waals surface area contributed by atoms with Crippen molar-refractivity contribution in [3.8, 4) is 0 Å². The minimum Gasteiger partial charge on any atom is -0.395 e. The summed E-state index contributed by atoms with van der Waals surface area (Å²) in [5.41, 5.74) is 7.85. The van der Waals surface area contributed by atoms with Crippen LogP contribution in [0.2, 0.25) is 0 Å². The SMILES string of the molecule is CCCCN(CCO)c1ccc(CN)cc1Br. The Bertz CT molecular complexity index is 344. The molecular formula is C13H21BrN2O. The van der Waals surface area contributed by atoms with Crippen LogP contribution < -0.4 is 10.6 Å². The summed E-state index contributed by atoms with van der Waals surface area (Å²) in [4.78, 5) is 2.20. The van der Waals surface area contributed by atoms with E-state index in [1.165, 1.54) is 0 Å². The molecule has 0 fully saturated rings. The average Bonchev–Trinajstić information content (AvgIpc) is 2.34. The Morgan fingerprint density at radius 1 is 1.35 bits per heavy atom.